The van der Waals surface area contributed by atoms with Gasteiger partial charge in [0.2, 0.25) is 5.95 Å². The average Bonchev–Trinajstić information content (AvgIpc) is 3.68. The number of fused-ring (bicyclic) bond motifs is 1. The molecule has 0 amide bonds. The molecule has 198 valence electrons. The van der Waals surface area contributed by atoms with Crippen LogP contribution in [0.1, 0.15) is 44.0 Å². The number of halogens is 2. The molecule has 2 fully saturated rings. The fourth-order valence-corrected chi connectivity index (χ4v) is 4.97. The van der Waals surface area contributed by atoms with Crippen LogP contribution in [-0.2, 0) is 5.60 Å². The Morgan fingerprint density at radius 3 is 2.47 bits per heavy atom. The van der Waals surface area contributed by atoms with Crippen molar-refractivity contribution in [3.8, 4) is 5.82 Å². The van der Waals surface area contributed by atoms with Crippen molar-refractivity contribution < 1.29 is 13.9 Å². The SMILES string of the molecule is CN1CCN(c2ccc(Nc3ncc4c(F)c(C5CC5)n(-c5cccc(C(C)(C)O)n5)c4n3)cc2F)CC1. The van der Waals surface area contributed by atoms with Gasteiger partial charge in [-0.05, 0) is 64.1 Å². The first-order valence-electron chi connectivity index (χ1n) is 13.0. The largest absolute Gasteiger partial charge is 0.384 e. The predicted octanol–water partition coefficient (Wildman–Crippen LogP) is 4.69. The highest BCUT2D eigenvalue weighted by Gasteiger charge is 2.34. The van der Waals surface area contributed by atoms with Gasteiger partial charge in [-0.2, -0.15) is 4.98 Å². The number of benzene rings is 1. The summed E-state index contributed by atoms with van der Waals surface area (Å²) >= 11 is 0. The molecule has 0 unspecified atom stereocenters. The topological polar surface area (TPSA) is 82.3 Å². The van der Waals surface area contributed by atoms with E-state index < -0.39 is 5.60 Å². The Balaban J connectivity index is 1.36. The number of nitrogens with one attached hydrogen (secondary N) is 1. The molecular weight excluding hydrogens is 488 g/mol. The second kappa shape index (κ2) is 9.28. The summed E-state index contributed by atoms with van der Waals surface area (Å²) in [6.45, 7) is 6.64. The molecule has 0 radical (unpaired) electrons. The molecule has 4 aromatic rings. The van der Waals surface area contributed by atoms with Gasteiger partial charge >= 0.3 is 0 Å². The number of aromatic nitrogens is 4. The van der Waals surface area contributed by atoms with Gasteiger partial charge in [0.05, 0.1) is 22.5 Å². The van der Waals surface area contributed by atoms with Crippen molar-refractivity contribution in [2.24, 2.45) is 0 Å². The Kier molecular flexibility index (Phi) is 6.03. The van der Waals surface area contributed by atoms with Gasteiger partial charge < -0.3 is 20.2 Å². The quantitative estimate of drug-likeness (QED) is 0.382. The van der Waals surface area contributed by atoms with Crippen molar-refractivity contribution >= 4 is 28.4 Å². The Morgan fingerprint density at radius 1 is 1.03 bits per heavy atom. The number of anilines is 3. The number of piperazine rings is 1. The van der Waals surface area contributed by atoms with Gasteiger partial charge in [0, 0.05) is 44.0 Å². The minimum atomic E-state index is -1.15. The van der Waals surface area contributed by atoms with Gasteiger partial charge in [-0.1, -0.05) is 6.07 Å². The number of hydrogen-bond donors (Lipinski definition) is 2. The van der Waals surface area contributed by atoms with Gasteiger partial charge in [-0.15, -0.1) is 0 Å². The summed E-state index contributed by atoms with van der Waals surface area (Å²) in [6.07, 6.45) is 3.23. The lowest BCUT2D eigenvalue weighted by molar-refractivity contribution is 0.0738. The fourth-order valence-electron chi connectivity index (χ4n) is 4.97. The van der Waals surface area contributed by atoms with Gasteiger partial charge in [-0.3, -0.25) is 4.57 Å². The fraction of sp³-hybridized carbons (Fsp3) is 0.393. The minimum absolute atomic E-state index is 0.0735. The smallest absolute Gasteiger partial charge is 0.229 e. The third kappa shape index (κ3) is 4.58. The maximum atomic E-state index is 15.6. The summed E-state index contributed by atoms with van der Waals surface area (Å²) in [5, 5.41) is 13.9. The molecule has 1 aliphatic carbocycles. The molecule has 3 aromatic heterocycles. The summed E-state index contributed by atoms with van der Waals surface area (Å²) in [4.78, 5) is 17.9. The summed E-state index contributed by atoms with van der Waals surface area (Å²) in [5.74, 6) is 0.104. The number of hydrogen-bond acceptors (Lipinski definition) is 7. The minimum Gasteiger partial charge on any atom is -0.384 e. The third-order valence-corrected chi connectivity index (χ3v) is 7.28. The van der Waals surface area contributed by atoms with E-state index >= 15 is 8.78 Å². The van der Waals surface area contributed by atoms with Crippen molar-refractivity contribution in [3.05, 3.63) is 65.6 Å². The first kappa shape index (κ1) is 24.7. The number of nitrogens with zero attached hydrogens (tertiary/aromatic N) is 6. The molecule has 38 heavy (non-hydrogen) atoms. The Morgan fingerprint density at radius 2 is 1.79 bits per heavy atom. The zero-order valence-electron chi connectivity index (χ0n) is 21.7. The molecule has 6 rings (SSSR count). The lowest BCUT2D eigenvalue weighted by Gasteiger charge is -2.34. The predicted molar refractivity (Wildman–Crippen MR) is 143 cm³/mol. The summed E-state index contributed by atoms with van der Waals surface area (Å²) < 4.78 is 32.4. The van der Waals surface area contributed by atoms with Crippen molar-refractivity contribution in [2.45, 2.75) is 38.2 Å². The van der Waals surface area contributed by atoms with E-state index in [2.05, 4.69) is 32.2 Å². The number of likely N-dealkylation sites (N-methyl/N-ethyl adjacent to an activating group) is 1. The molecule has 1 aromatic carbocycles. The monoisotopic (exact) mass is 519 g/mol. The molecule has 2 aliphatic rings. The Bertz CT molecular complexity index is 1500. The van der Waals surface area contributed by atoms with Crippen molar-refractivity contribution in [1.82, 2.24) is 24.4 Å². The van der Waals surface area contributed by atoms with Crippen LogP contribution in [0.5, 0.6) is 0 Å². The van der Waals surface area contributed by atoms with Crippen LogP contribution in [0.3, 0.4) is 0 Å². The van der Waals surface area contributed by atoms with E-state index in [-0.39, 0.29) is 23.5 Å². The van der Waals surface area contributed by atoms with Gasteiger partial charge in [0.15, 0.2) is 11.5 Å². The normalized spacial score (nSPS) is 16.8. The van der Waals surface area contributed by atoms with Crippen LogP contribution in [-0.4, -0.2) is 62.8 Å². The summed E-state index contributed by atoms with van der Waals surface area (Å²) in [7, 11) is 2.06. The molecule has 0 spiro atoms. The van der Waals surface area contributed by atoms with Crippen LogP contribution in [0, 0.1) is 11.6 Å². The van der Waals surface area contributed by atoms with E-state index in [9.17, 15) is 5.11 Å². The molecule has 10 heteroatoms. The third-order valence-electron chi connectivity index (χ3n) is 7.28. The molecule has 4 heterocycles. The number of rotatable bonds is 6. The zero-order chi connectivity index (χ0) is 26.6. The van der Waals surface area contributed by atoms with Crippen LogP contribution in [0.4, 0.5) is 26.1 Å². The van der Waals surface area contributed by atoms with E-state index in [1.54, 1.807) is 48.7 Å². The van der Waals surface area contributed by atoms with E-state index in [1.165, 1.54) is 12.3 Å². The van der Waals surface area contributed by atoms with Crippen molar-refractivity contribution in [1.29, 1.82) is 0 Å². The van der Waals surface area contributed by atoms with Crippen LogP contribution >= 0.6 is 0 Å². The second-order valence-corrected chi connectivity index (χ2v) is 10.8. The zero-order valence-corrected chi connectivity index (χ0v) is 21.7. The number of aliphatic hydroxyl groups is 1. The van der Waals surface area contributed by atoms with E-state index in [0.29, 0.717) is 39.6 Å². The first-order chi connectivity index (χ1) is 18.2. The van der Waals surface area contributed by atoms with Gasteiger partial charge in [-0.25, -0.2) is 18.7 Å². The highest BCUT2D eigenvalue weighted by Crippen LogP contribution is 2.45. The van der Waals surface area contributed by atoms with Crippen LogP contribution in [0.15, 0.2) is 42.6 Å². The van der Waals surface area contributed by atoms with E-state index in [4.69, 9.17) is 0 Å². The molecule has 0 atom stereocenters. The highest BCUT2D eigenvalue weighted by atomic mass is 19.1. The van der Waals surface area contributed by atoms with Gasteiger partial charge in [0.25, 0.3) is 0 Å². The summed E-state index contributed by atoms with van der Waals surface area (Å²) in [6, 6.07) is 10.3. The molecule has 1 aliphatic heterocycles. The molecule has 0 bridgehead atoms. The molecule has 1 saturated heterocycles. The lowest BCUT2D eigenvalue weighted by atomic mass is 10.1. The molecule has 1 saturated carbocycles. The Hall–Kier alpha value is -3.63. The van der Waals surface area contributed by atoms with Crippen LogP contribution < -0.4 is 10.2 Å². The van der Waals surface area contributed by atoms with Crippen molar-refractivity contribution in [3.63, 3.8) is 0 Å². The van der Waals surface area contributed by atoms with Gasteiger partial charge in [0.1, 0.15) is 17.2 Å². The number of pyridine rings is 1. The maximum Gasteiger partial charge on any atom is 0.229 e. The molecule has 2 N–H and O–H groups in total. The standard InChI is InChI=1S/C28H31F2N7O/c1-28(2,38)22-5-4-6-23(33-22)37-25(17-7-8-17)24(30)19-16-31-27(34-26(19)37)32-18-9-10-21(20(29)15-18)36-13-11-35(3)12-14-36/h4-6,9-10,15-17,38H,7-8,11-14H2,1-3H3,(H,31,32,34). The van der Waals surface area contributed by atoms with E-state index in [0.717, 1.165) is 39.0 Å². The first-order valence-corrected chi connectivity index (χ1v) is 13.0. The van der Waals surface area contributed by atoms with Crippen LogP contribution in [0.25, 0.3) is 16.9 Å². The second-order valence-electron chi connectivity index (χ2n) is 10.8. The van der Waals surface area contributed by atoms with Crippen molar-refractivity contribution in [2.75, 3.05) is 43.4 Å². The molecular formula is C28H31F2N7O. The average molecular weight is 520 g/mol. The Labute approximate surface area is 220 Å². The van der Waals surface area contributed by atoms with Crippen LogP contribution in [0.2, 0.25) is 0 Å². The lowest BCUT2D eigenvalue weighted by Crippen LogP contribution is -2.44. The summed E-state index contributed by atoms with van der Waals surface area (Å²) in [5.41, 5.74) is 1.29. The highest BCUT2D eigenvalue weighted by molar-refractivity contribution is 5.81. The maximum absolute atomic E-state index is 15.6. The molecule has 8 nitrogen and oxygen atoms in total. The van der Waals surface area contributed by atoms with E-state index in [1.807, 2.05) is 4.90 Å².